The third-order valence-electron chi connectivity index (χ3n) is 2.85. The van der Waals surface area contributed by atoms with E-state index in [-0.39, 0.29) is 0 Å². The maximum Gasteiger partial charge on any atom is 0.326 e. The van der Waals surface area contributed by atoms with Gasteiger partial charge in [0.05, 0.1) is 5.69 Å². The maximum absolute atomic E-state index is 10.8. The number of rotatable bonds is 4. The molecule has 1 saturated heterocycles. The molecule has 0 aromatic carbocycles. The van der Waals surface area contributed by atoms with E-state index in [9.17, 15) is 4.79 Å². The fraction of sp³-hybridized carbons (Fsp3) is 0.600. The number of carboxylic acid groups (broad SMARTS) is 1. The minimum Gasteiger partial charge on any atom is -0.480 e. The van der Waals surface area contributed by atoms with Gasteiger partial charge in [-0.2, -0.15) is 11.8 Å². The Kier molecular flexibility index (Phi) is 3.90. The first kappa shape index (κ1) is 12.7. The Hall–Kier alpha value is -0.790. The molecule has 17 heavy (non-hydrogen) atoms. The number of aromatic nitrogens is 1. The van der Waals surface area contributed by atoms with E-state index in [0.717, 1.165) is 17.3 Å². The molecule has 0 saturated carbocycles. The fourth-order valence-electron chi connectivity index (χ4n) is 1.69. The lowest BCUT2D eigenvalue weighted by molar-refractivity contribution is -0.138. The van der Waals surface area contributed by atoms with Crippen molar-refractivity contribution in [3.8, 4) is 0 Å². The summed E-state index contributed by atoms with van der Waals surface area (Å²) in [4.78, 5) is 17.2. The smallest absolute Gasteiger partial charge is 0.326 e. The number of carboxylic acids is 1. The summed E-state index contributed by atoms with van der Waals surface area (Å²) in [5, 5.41) is 11.4. The van der Waals surface area contributed by atoms with Gasteiger partial charge in [-0.1, -0.05) is 0 Å². The topological polar surface area (TPSA) is 79.5 Å². The highest BCUT2D eigenvalue weighted by Gasteiger charge is 2.24. The minimum atomic E-state index is -1.04. The lowest BCUT2D eigenvalue weighted by atomic mass is 10.2. The number of thioether (sulfide) groups is 1. The second-order valence-corrected chi connectivity index (χ2v) is 5.99. The third kappa shape index (κ3) is 2.72. The molecule has 0 bridgehead atoms. The Morgan fingerprint density at radius 1 is 1.76 bits per heavy atom. The van der Waals surface area contributed by atoms with Crippen molar-refractivity contribution in [2.24, 2.45) is 5.73 Å². The van der Waals surface area contributed by atoms with Crippen LogP contribution in [0.15, 0.2) is 5.38 Å². The summed E-state index contributed by atoms with van der Waals surface area (Å²) in [6.07, 6.45) is 1.15. The van der Waals surface area contributed by atoms with Gasteiger partial charge in [-0.25, -0.2) is 4.98 Å². The molecule has 1 aliphatic heterocycles. The van der Waals surface area contributed by atoms with Crippen LogP contribution in [0.1, 0.15) is 18.2 Å². The predicted molar refractivity (Wildman–Crippen MR) is 70.8 cm³/mol. The summed E-state index contributed by atoms with van der Waals surface area (Å²) in [6.45, 7) is 0. The Morgan fingerprint density at radius 3 is 3.12 bits per heavy atom. The summed E-state index contributed by atoms with van der Waals surface area (Å²) in [5.74, 6) is 1.25. The van der Waals surface area contributed by atoms with Crippen LogP contribution in [0.25, 0.3) is 0 Å². The normalized spacial score (nSPS) is 21.4. The van der Waals surface area contributed by atoms with Gasteiger partial charge in [0.25, 0.3) is 0 Å². The molecule has 0 aliphatic carbocycles. The van der Waals surface area contributed by atoms with Crippen molar-refractivity contribution in [3.63, 3.8) is 0 Å². The second kappa shape index (κ2) is 5.24. The monoisotopic (exact) mass is 273 g/mol. The highest BCUT2D eigenvalue weighted by Crippen LogP contribution is 2.29. The average Bonchev–Trinajstić information content (AvgIpc) is 2.98. The number of thiazole rings is 1. The molecule has 1 aliphatic rings. The van der Waals surface area contributed by atoms with Crippen LogP contribution in [0.5, 0.6) is 0 Å². The van der Waals surface area contributed by atoms with Crippen LogP contribution in [-0.4, -0.2) is 40.7 Å². The van der Waals surface area contributed by atoms with Gasteiger partial charge in [0.1, 0.15) is 6.04 Å². The molecule has 2 atom stereocenters. The van der Waals surface area contributed by atoms with E-state index >= 15 is 0 Å². The molecule has 2 unspecified atom stereocenters. The highest BCUT2D eigenvalue weighted by atomic mass is 32.2. The van der Waals surface area contributed by atoms with Crippen LogP contribution in [0.4, 0.5) is 5.13 Å². The van der Waals surface area contributed by atoms with Crippen molar-refractivity contribution in [2.45, 2.75) is 18.5 Å². The summed E-state index contributed by atoms with van der Waals surface area (Å²) >= 11 is 3.39. The molecule has 2 rings (SSSR count). The molecular formula is C10H15N3O2S2. The molecule has 1 fully saturated rings. The van der Waals surface area contributed by atoms with Crippen molar-refractivity contribution < 1.29 is 9.90 Å². The zero-order valence-corrected chi connectivity index (χ0v) is 11.1. The molecule has 94 valence electrons. The largest absolute Gasteiger partial charge is 0.480 e. The molecule has 5 nitrogen and oxygen atoms in total. The fourth-order valence-corrected chi connectivity index (χ4v) is 3.86. The molecule has 0 radical (unpaired) electrons. The third-order valence-corrected chi connectivity index (χ3v) is 4.94. The Bertz CT molecular complexity index is 404. The lowest BCUT2D eigenvalue weighted by Crippen LogP contribution is -2.31. The first-order chi connectivity index (χ1) is 8.09. The van der Waals surface area contributed by atoms with Gasteiger partial charge in [0.2, 0.25) is 0 Å². The van der Waals surface area contributed by atoms with Gasteiger partial charge in [-0.15, -0.1) is 11.3 Å². The number of nitrogens with zero attached hydrogens (tertiary/aromatic N) is 2. The standard InChI is InChI=1S/C10H15N3O2S2/c1-13(6-2-3-16-4-6)10-12-7(5-17-10)8(11)9(14)15/h5-6,8H,2-4,11H2,1H3,(H,14,15). The first-order valence-electron chi connectivity index (χ1n) is 5.34. The molecule has 0 amide bonds. The van der Waals surface area contributed by atoms with Crippen LogP contribution in [0.3, 0.4) is 0 Å². The van der Waals surface area contributed by atoms with Crippen molar-refractivity contribution in [2.75, 3.05) is 23.5 Å². The minimum absolute atomic E-state index is 0.440. The Morgan fingerprint density at radius 2 is 2.53 bits per heavy atom. The van der Waals surface area contributed by atoms with Crippen LogP contribution >= 0.6 is 23.1 Å². The van der Waals surface area contributed by atoms with Crippen LogP contribution in [0.2, 0.25) is 0 Å². The molecule has 2 heterocycles. The maximum atomic E-state index is 10.8. The Labute approximate surface area is 108 Å². The zero-order chi connectivity index (χ0) is 12.4. The predicted octanol–water partition coefficient (Wildman–Crippen LogP) is 1.17. The molecule has 1 aromatic heterocycles. The summed E-state index contributed by atoms with van der Waals surface area (Å²) in [5.41, 5.74) is 5.97. The quantitative estimate of drug-likeness (QED) is 0.857. The Balaban J connectivity index is 2.09. The molecular weight excluding hydrogens is 258 g/mol. The number of aliphatic carboxylic acids is 1. The number of carbonyl (C=O) groups is 1. The number of nitrogens with two attached hydrogens (primary N) is 1. The first-order valence-corrected chi connectivity index (χ1v) is 7.37. The van der Waals surface area contributed by atoms with Gasteiger partial charge in [-0.3, -0.25) is 4.79 Å². The van der Waals surface area contributed by atoms with E-state index in [1.807, 2.05) is 18.8 Å². The summed E-state index contributed by atoms with van der Waals surface area (Å²) in [7, 11) is 2.01. The average molecular weight is 273 g/mol. The van der Waals surface area contributed by atoms with Crippen LogP contribution in [-0.2, 0) is 4.79 Å². The molecule has 1 aromatic rings. The van der Waals surface area contributed by atoms with Crippen LogP contribution in [0, 0.1) is 0 Å². The summed E-state index contributed by atoms with van der Waals surface area (Å²) in [6, 6.07) is -0.522. The SMILES string of the molecule is CN(c1nc(C(N)C(=O)O)cs1)C1CCSC1. The molecule has 3 N–H and O–H groups in total. The van der Waals surface area contributed by atoms with Crippen molar-refractivity contribution in [3.05, 3.63) is 11.1 Å². The van der Waals surface area contributed by atoms with Gasteiger partial charge < -0.3 is 15.7 Å². The second-order valence-electron chi connectivity index (χ2n) is 4.00. The number of hydrogen-bond donors (Lipinski definition) is 2. The van der Waals surface area contributed by atoms with Crippen molar-refractivity contribution in [1.82, 2.24) is 4.98 Å². The van der Waals surface area contributed by atoms with E-state index < -0.39 is 12.0 Å². The number of anilines is 1. The van der Waals surface area contributed by atoms with E-state index in [1.54, 1.807) is 5.38 Å². The van der Waals surface area contributed by atoms with E-state index in [4.69, 9.17) is 10.8 Å². The van der Waals surface area contributed by atoms with Crippen molar-refractivity contribution in [1.29, 1.82) is 0 Å². The van der Waals surface area contributed by atoms with E-state index in [0.29, 0.717) is 11.7 Å². The molecule has 7 heteroatoms. The lowest BCUT2D eigenvalue weighted by Gasteiger charge is -2.22. The number of hydrogen-bond acceptors (Lipinski definition) is 6. The van der Waals surface area contributed by atoms with Gasteiger partial charge >= 0.3 is 5.97 Å². The zero-order valence-electron chi connectivity index (χ0n) is 9.50. The molecule has 0 spiro atoms. The van der Waals surface area contributed by atoms with Gasteiger partial charge in [0, 0.05) is 24.2 Å². The van der Waals surface area contributed by atoms with Gasteiger partial charge in [0.15, 0.2) is 5.13 Å². The van der Waals surface area contributed by atoms with Gasteiger partial charge in [-0.05, 0) is 12.2 Å². The van der Waals surface area contributed by atoms with Crippen molar-refractivity contribution >= 4 is 34.2 Å². The van der Waals surface area contributed by atoms with E-state index in [1.165, 1.54) is 17.1 Å². The summed E-state index contributed by atoms with van der Waals surface area (Å²) < 4.78 is 0. The highest BCUT2D eigenvalue weighted by molar-refractivity contribution is 7.99. The van der Waals surface area contributed by atoms with Crippen LogP contribution < -0.4 is 10.6 Å². The van der Waals surface area contributed by atoms with E-state index in [2.05, 4.69) is 9.88 Å².